The van der Waals surface area contributed by atoms with Crippen molar-refractivity contribution in [2.45, 2.75) is 26.3 Å². The number of fused-ring (bicyclic) bond motifs is 2. The van der Waals surface area contributed by atoms with Crippen molar-refractivity contribution in [3.05, 3.63) is 78.3 Å². The molecule has 4 aromatic heterocycles. The van der Waals surface area contributed by atoms with Gasteiger partial charge >= 0.3 is 0 Å². The highest BCUT2D eigenvalue weighted by Crippen LogP contribution is 2.26. The number of amides is 1. The molecular weight excluding hydrogens is 432 g/mol. The maximum atomic E-state index is 13.3. The third-order valence-electron chi connectivity index (χ3n) is 5.68. The van der Waals surface area contributed by atoms with Crippen molar-refractivity contribution in [2.24, 2.45) is 0 Å². The number of carbonyl (C=O) groups excluding carboxylic acids is 2. The lowest BCUT2D eigenvalue weighted by Crippen LogP contribution is -2.15. The summed E-state index contributed by atoms with van der Waals surface area (Å²) in [6.07, 6.45) is 9.69. The Hall–Kier alpha value is -4.53. The summed E-state index contributed by atoms with van der Waals surface area (Å²) in [4.78, 5) is 41.7. The van der Waals surface area contributed by atoms with Crippen LogP contribution in [0.5, 0.6) is 5.75 Å². The first-order valence-electron chi connectivity index (χ1n) is 10.8. The van der Waals surface area contributed by atoms with Gasteiger partial charge in [-0.25, -0.2) is 9.97 Å². The van der Waals surface area contributed by atoms with Crippen LogP contribution in [0.25, 0.3) is 21.9 Å². The van der Waals surface area contributed by atoms with Crippen LogP contribution in [0.4, 0.5) is 5.69 Å². The number of phenolic OH excluding ortho intramolecular Hbond substituents is 1. The number of nitrogens with zero attached hydrogens (tertiary/aromatic N) is 4. The smallest absolute Gasteiger partial charge is 0.228 e. The van der Waals surface area contributed by atoms with Crippen molar-refractivity contribution >= 4 is 39.3 Å². The van der Waals surface area contributed by atoms with Crippen molar-refractivity contribution in [3.8, 4) is 5.75 Å². The number of aromatic amines is 1. The van der Waals surface area contributed by atoms with Gasteiger partial charge in [0, 0.05) is 52.7 Å². The molecule has 0 spiro atoms. The van der Waals surface area contributed by atoms with Gasteiger partial charge in [-0.15, -0.1) is 0 Å². The molecule has 5 rings (SSSR count). The fraction of sp³-hybridized carbons (Fsp3) is 0.160. The molecular formula is C25H22N6O3. The van der Waals surface area contributed by atoms with Crippen LogP contribution >= 0.6 is 0 Å². The molecule has 0 radical (unpaired) electrons. The number of hydrogen-bond acceptors (Lipinski definition) is 6. The van der Waals surface area contributed by atoms with E-state index in [-0.39, 0.29) is 29.9 Å². The van der Waals surface area contributed by atoms with Gasteiger partial charge in [0.2, 0.25) is 5.91 Å². The molecule has 0 saturated carbocycles. The minimum atomic E-state index is -0.263. The molecule has 5 aromatic rings. The lowest BCUT2D eigenvalue weighted by molar-refractivity contribution is -0.115. The summed E-state index contributed by atoms with van der Waals surface area (Å²) >= 11 is 0. The molecule has 0 saturated heterocycles. The minimum absolute atomic E-state index is 0.0981. The van der Waals surface area contributed by atoms with E-state index in [0.29, 0.717) is 27.8 Å². The average molecular weight is 454 g/mol. The Morgan fingerprint density at radius 3 is 2.79 bits per heavy atom. The largest absolute Gasteiger partial charge is 0.508 e. The Morgan fingerprint density at radius 2 is 1.97 bits per heavy atom. The van der Waals surface area contributed by atoms with E-state index in [0.717, 1.165) is 16.5 Å². The van der Waals surface area contributed by atoms with Gasteiger partial charge in [0.05, 0.1) is 23.9 Å². The normalized spacial score (nSPS) is 11.4. The van der Waals surface area contributed by atoms with E-state index in [1.54, 1.807) is 42.9 Å². The molecule has 9 heteroatoms. The molecule has 0 unspecified atom stereocenters. The molecule has 0 atom stereocenters. The van der Waals surface area contributed by atoms with Crippen LogP contribution in [0.2, 0.25) is 0 Å². The summed E-state index contributed by atoms with van der Waals surface area (Å²) < 4.78 is 1.93. The van der Waals surface area contributed by atoms with Gasteiger partial charge < -0.3 is 20.0 Å². The van der Waals surface area contributed by atoms with E-state index < -0.39 is 0 Å². The van der Waals surface area contributed by atoms with Crippen LogP contribution in [-0.2, 0) is 11.2 Å². The number of pyridine rings is 1. The Labute approximate surface area is 194 Å². The van der Waals surface area contributed by atoms with Gasteiger partial charge in [0.25, 0.3) is 0 Å². The summed E-state index contributed by atoms with van der Waals surface area (Å²) in [5.74, 6) is -0.358. The fourth-order valence-corrected chi connectivity index (χ4v) is 4.04. The summed E-state index contributed by atoms with van der Waals surface area (Å²) in [6, 6.07) is 6.69. The predicted octanol–water partition coefficient (Wildman–Crippen LogP) is 4.01. The van der Waals surface area contributed by atoms with E-state index in [1.165, 1.54) is 18.7 Å². The topological polar surface area (TPSA) is 126 Å². The van der Waals surface area contributed by atoms with Gasteiger partial charge in [-0.2, -0.15) is 0 Å². The number of phenols is 1. The highest BCUT2D eigenvalue weighted by atomic mass is 16.3. The van der Waals surface area contributed by atoms with E-state index in [4.69, 9.17) is 0 Å². The zero-order chi connectivity index (χ0) is 23.8. The number of aromatic nitrogens is 5. The van der Waals surface area contributed by atoms with Crippen LogP contribution in [0.15, 0.2) is 61.6 Å². The second-order valence-electron chi connectivity index (χ2n) is 8.36. The average Bonchev–Trinajstić information content (AvgIpc) is 3.40. The quantitative estimate of drug-likeness (QED) is 0.333. The second kappa shape index (κ2) is 8.43. The molecule has 34 heavy (non-hydrogen) atoms. The van der Waals surface area contributed by atoms with Gasteiger partial charge in [-0.05, 0) is 43.7 Å². The Bertz CT molecular complexity index is 1550. The molecule has 0 aliphatic rings. The zero-order valence-corrected chi connectivity index (χ0v) is 18.6. The van der Waals surface area contributed by atoms with Crippen molar-refractivity contribution in [1.29, 1.82) is 0 Å². The van der Waals surface area contributed by atoms with Gasteiger partial charge in [0.1, 0.15) is 17.7 Å². The Morgan fingerprint density at radius 1 is 1.12 bits per heavy atom. The number of carbonyl (C=O) groups is 2. The highest BCUT2D eigenvalue weighted by molar-refractivity contribution is 6.16. The van der Waals surface area contributed by atoms with Crippen LogP contribution < -0.4 is 5.32 Å². The number of hydrogen-bond donors (Lipinski definition) is 3. The molecule has 170 valence electrons. The monoisotopic (exact) mass is 454 g/mol. The fourth-order valence-electron chi connectivity index (χ4n) is 4.04. The molecule has 0 bridgehead atoms. The number of H-pyrrole nitrogens is 1. The highest BCUT2D eigenvalue weighted by Gasteiger charge is 2.20. The zero-order valence-electron chi connectivity index (χ0n) is 18.6. The number of benzene rings is 1. The molecule has 0 aliphatic heterocycles. The molecule has 9 nitrogen and oxygen atoms in total. The van der Waals surface area contributed by atoms with Crippen LogP contribution in [0.1, 0.15) is 41.4 Å². The molecule has 1 amide bonds. The molecule has 4 heterocycles. The van der Waals surface area contributed by atoms with E-state index >= 15 is 0 Å². The van der Waals surface area contributed by atoms with Gasteiger partial charge in [0.15, 0.2) is 5.78 Å². The summed E-state index contributed by atoms with van der Waals surface area (Å²) in [5, 5.41) is 14.0. The van der Waals surface area contributed by atoms with Gasteiger partial charge in [-0.3, -0.25) is 14.6 Å². The lowest BCUT2D eigenvalue weighted by atomic mass is 10.1. The van der Waals surface area contributed by atoms with Crippen molar-refractivity contribution in [3.63, 3.8) is 0 Å². The van der Waals surface area contributed by atoms with E-state index in [1.807, 2.05) is 18.4 Å². The first kappa shape index (κ1) is 21.3. The number of anilines is 1. The number of aromatic hydroxyl groups is 1. The van der Waals surface area contributed by atoms with Crippen LogP contribution in [-0.4, -0.2) is 41.3 Å². The van der Waals surface area contributed by atoms with Crippen molar-refractivity contribution in [2.75, 3.05) is 5.32 Å². The third kappa shape index (κ3) is 3.88. The summed E-state index contributed by atoms with van der Waals surface area (Å²) in [5.41, 5.74) is 3.53. The summed E-state index contributed by atoms with van der Waals surface area (Å²) in [7, 11) is 0. The summed E-state index contributed by atoms with van der Waals surface area (Å²) in [6.45, 7) is 4.03. The number of nitrogens with one attached hydrogen (secondary N) is 2. The van der Waals surface area contributed by atoms with Crippen LogP contribution in [0, 0.1) is 0 Å². The maximum absolute atomic E-state index is 13.3. The van der Waals surface area contributed by atoms with Crippen molar-refractivity contribution < 1.29 is 14.7 Å². The van der Waals surface area contributed by atoms with Crippen LogP contribution in [0.3, 0.4) is 0 Å². The molecule has 0 fully saturated rings. The molecule has 3 N–H and O–H groups in total. The first-order valence-corrected chi connectivity index (χ1v) is 10.8. The van der Waals surface area contributed by atoms with Gasteiger partial charge in [-0.1, -0.05) is 0 Å². The Kier molecular flexibility index (Phi) is 5.29. The maximum Gasteiger partial charge on any atom is 0.228 e. The van der Waals surface area contributed by atoms with Crippen molar-refractivity contribution in [1.82, 2.24) is 24.5 Å². The second-order valence-corrected chi connectivity index (χ2v) is 8.36. The molecule has 0 aliphatic carbocycles. The third-order valence-corrected chi connectivity index (χ3v) is 5.68. The predicted molar refractivity (Wildman–Crippen MR) is 128 cm³/mol. The van der Waals surface area contributed by atoms with E-state index in [2.05, 4.69) is 25.3 Å². The first-order chi connectivity index (χ1) is 16.4. The lowest BCUT2D eigenvalue weighted by Gasteiger charge is -2.07. The standard InChI is InChI=1S/C25H22N6O3/c1-14(2)31-12-21(20-11-27-13-29-25(20)31)24(34)16-5-17(10-26-8-16)30-23(33)6-15-9-28-22-4-3-18(32)7-19(15)22/h3-5,7-14,28,32H,6H2,1-2H3,(H,30,33). The SMILES string of the molecule is CC(C)n1cc(C(=O)c2cncc(NC(=O)Cc3c[nH]c4ccc(O)cc34)c2)c2cncnc21. The van der Waals surface area contributed by atoms with E-state index in [9.17, 15) is 14.7 Å². The minimum Gasteiger partial charge on any atom is -0.508 e. The Balaban J connectivity index is 1.38. The number of ketones is 1. The molecule has 1 aromatic carbocycles. The number of rotatable bonds is 6.